The van der Waals surface area contributed by atoms with Crippen LogP contribution in [0.2, 0.25) is 0 Å². The van der Waals surface area contributed by atoms with Crippen LogP contribution >= 0.6 is 22.0 Å². The minimum absolute atomic E-state index is 0.0338. The van der Waals surface area contributed by atoms with Gasteiger partial charge in [-0.3, -0.25) is 14.9 Å². The molecule has 2 rings (SSSR count). The molecule has 0 aliphatic rings. The molecule has 0 unspecified atom stereocenters. The predicted molar refractivity (Wildman–Crippen MR) is 81.6 cm³/mol. The van der Waals surface area contributed by atoms with Crippen LogP contribution < -0.4 is 5.32 Å². The fourth-order valence-corrected chi connectivity index (χ4v) is 4.06. The van der Waals surface area contributed by atoms with Crippen molar-refractivity contribution in [2.45, 2.75) is 10.8 Å². The minimum atomic E-state index is -3.87. The van der Waals surface area contributed by atoms with Gasteiger partial charge in [0.2, 0.25) is 0 Å². The lowest BCUT2D eigenvalue weighted by Crippen LogP contribution is -2.23. The highest BCUT2D eigenvalue weighted by Gasteiger charge is 2.18. The summed E-state index contributed by atoms with van der Waals surface area (Å²) in [6.45, 7) is -0.0493. The van der Waals surface area contributed by atoms with Crippen molar-refractivity contribution >= 4 is 42.7 Å². The highest BCUT2D eigenvalue weighted by Crippen LogP contribution is 2.26. The van der Waals surface area contributed by atoms with E-state index in [9.17, 15) is 23.3 Å². The molecule has 0 saturated carbocycles. The van der Waals surface area contributed by atoms with Crippen LogP contribution in [0.5, 0.6) is 0 Å². The van der Waals surface area contributed by atoms with Crippen LogP contribution in [-0.4, -0.2) is 19.2 Å². The molecule has 1 aromatic carbocycles. The molecule has 0 saturated heterocycles. The standard InChI is InChI=1S/C12H9ClN2O5S2/c13-22(19,20)12-9(4-5-21-12)7-14-11(16)8-2-1-3-10(6-8)15(17)18/h1-6H,7H2,(H,14,16). The first kappa shape index (κ1) is 16.4. The molecule has 0 atom stereocenters. The van der Waals surface area contributed by atoms with Gasteiger partial charge in [-0.15, -0.1) is 11.3 Å². The molecule has 0 fully saturated rings. The van der Waals surface area contributed by atoms with Crippen molar-refractivity contribution in [3.8, 4) is 0 Å². The molecule has 7 nitrogen and oxygen atoms in total. The third-order valence-corrected chi connectivity index (χ3v) is 5.82. The largest absolute Gasteiger partial charge is 0.348 e. The van der Waals surface area contributed by atoms with Crippen LogP contribution in [0.4, 0.5) is 5.69 Å². The molecule has 116 valence electrons. The van der Waals surface area contributed by atoms with Gasteiger partial charge in [-0.1, -0.05) is 6.07 Å². The van der Waals surface area contributed by atoms with E-state index in [1.54, 1.807) is 5.38 Å². The lowest BCUT2D eigenvalue weighted by atomic mass is 10.2. The van der Waals surface area contributed by atoms with E-state index in [-0.39, 0.29) is 22.0 Å². The molecule has 0 aliphatic heterocycles. The summed E-state index contributed by atoms with van der Waals surface area (Å²) >= 11 is 0.950. The average Bonchev–Trinajstić information content (AvgIpc) is 2.93. The number of non-ortho nitro benzene ring substituents is 1. The Morgan fingerprint density at radius 1 is 1.36 bits per heavy atom. The van der Waals surface area contributed by atoms with E-state index < -0.39 is 19.9 Å². The van der Waals surface area contributed by atoms with Crippen LogP contribution in [0.3, 0.4) is 0 Å². The van der Waals surface area contributed by atoms with E-state index >= 15 is 0 Å². The Kier molecular flexibility index (Phi) is 4.79. The van der Waals surface area contributed by atoms with Gasteiger partial charge in [-0.2, -0.15) is 0 Å². The highest BCUT2D eigenvalue weighted by atomic mass is 35.7. The maximum atomic E-state index is 12.0. The van der Waals surface area contributed by atoms with Crippen molar-refractivity contribution in [1.29, 1.82) is 0 Å². The quantitative estimate of drug-likeness (QED) is 0.501. The Bertz CT molecular complexity index is 832. The van der Waals surface area contributed by atoms with Gasteiger partial charge < -0.3 is 5.32 Å². The van der Waals surface area contributed by atoms with Gasteiger partial charge in [-0.05, 0) is 17.5 Å². The first-order valence-electron chi connectivity index (χ1n) is 5.82. The van der Waals surface area contributed by atoms with Gasteiger partial charge in [0.15, 0.2) is 0 Å². The molecule has 0 radical (unpaired) electrons. The highest BCUT2D eigenvalue weighted by molar-refractivity contribution is 8.15. The van der Waals surface area contributed by atoms with Crippen molar-refractivity contribution < 1.29 is 18.1 Å². The summed E-state index contributed by atoms with van der Waals surface area (Å²) in [6, 6.07) is 6.77. The third-order valence-electron chi connectivity index (χ3n) is 2.69. The van der Waals surface area contributed by atoms with E-state index in [2.05, 4.69) is 5.32 Å². The number of hydrogen-bond donors (Lipinski definition) is 1. The zero-order valence-electron chi connectivity index (χ0n) is 10.9. The normalized spacial score (nSPS) is 11.1. The molecule has 0 bridgehead atoms. The number of thiophene rings is 1. The molecule has 1 heterocycles. The SMILES string of the molecule is O=C(NCc1ccsc1S(=O)(=O)Cl)c1cccc([N+](=O)[O-])c1. The van der Waals surface area contributed by atoms with Crippen LogP contribution in [0.15, 0.2) is 39.9 Å². The molecule has 0 aliphatic carbocycles. The second-order valence-corrected chi connectivity index (χ2v) is 7.84. The van der Waals surface area contributed by atoms with Crippen molar-refractivity contribution in [2.24, 2.45) is 0 Å². The van der Waals surface area contributed by atoms with Gasteiger partial charge in [0.25, 0.3) is 20.6 Å². The Hall–Kier alpha value is -1.97. The molecule has 1 amide bonds. The Balaban J connectivity index is 2.13. The molecule has 1 aromatic heterocycles. The second-order valence-electron chi connectivity index (χ2n) is 4.16. The second kappa shape index (κ2) is 6.42. The van der Waals surface area contributed by atoms with Crippen LogP contribution in [0.1, 0.15) is 15.9 Å². The van der Waals surface area contributed by atoms with E-state index in [1.807, 2.05) is 0 Å². The van der Waals surface area contributed by atoms with Crippen LogP contribution in [0.25, 0.3) is 0 Å². The number of carbonyl (C=O) groups excluding carboxylic acids is 1. The number of hydrogen-bond acceptors (Lipinski definition) is 6. The zero-order chi connectivity index (χ0) is 16.3. The number of amides is 1. The third kappa shape index (κ3) is 3.81. The molecule has 22 heavy (non-hydrogen) atoms. The van der Waals surface area contributed by atoms with Gasteiger partial charge in [0.1, 0.15) is 4.21 Å². The van der Waals surface area contributed by atoms with Gasteiger partial charge in [-0.25, -0.2) is 8.42 Å². The van der Waals surface area contributed by atoms with Crippen molar-refractivity contribution in [3.63, 3.8) is 0 Å². The summed E-state index contributed by atoms with van der Waals surface area (Å²) in [5.74, 6) is -0.548. The predicted octanol–water partition coefficient (Wildman–Crippen LogP) is 2.51. The van der Waals surface area contributed by atoms with Crippen LogP contribution in [-0.2, 0) is 15.6 Å². The van der Waals surface area contributed by atoms with Crippen molar-refractivity contribution in [2.75, 3.05) is 0 Å². The Morgan fingerprint density at radius 3 is 2.73 bits per heavy atom. The summed E-state index contributed by atoms with van der Waals surface area (Å²) in [4.78, 5) is 22.0. The molecular formula is C12H9ClN2O5S2. The summed E-state index contributed by atoms with van der Waals surface area (Å²) < 4.78 is 22.6. The summed E-state index contributed by atoms with van der Waals surface area (Å²) in [5, 5.41) is 14.7. The number of benzene rings is 1. The fraction of sp³-hybridized carbons (Fsp3) is 0.0833. The van der Waals surface area contributed by atoms with Crippen LogP contribution in [0, 0.1) is 10.1 Å². The molecule has 0 spiro atoms. The number of nitrogens with zero attached hydrogens (tertiary/aromatic N) is 1. The Labute approximate surface area is 134 Å². The first-order chi connectivity index (χ1) is 10.3. The number of nitro groups is 1. The van der Waals surface area contributed by atoms with E-state index in [0.29, 0.717) is 5.56 Å². The van der Waals surface area contributed by atoms with Crippen molar-refractivity contribution in [1.82, 2.24) is 5.32 Å². The maximum Gasteiger partial charge on any atom is 0.271 e. The van der Waals surface area contributed by atoms with Crippen molar-refractivity contribution in [3.05, 3.63) is 57.0 Å². The molecule has 1 N–H and O–H groups in total. The molecule has 2 aromatic rings. The van der Waals surface area contributed by atoms with E-state index in [1.165, 1.54) is 24.3 Å². The Morgan fingerprint density at radius 2 is 2.09 bits per heavy atom. The average molecular weight is 361 g/mol. The zero-order valence-corrected chi connectivity index (χ0v) is 13.2. The van der Waals surface area contributed by atoms with Gasteiger partial charge >= 0.3 is 0 Å². The topological polar surface area (TPSA) is 106 Å². The minimum Gasteiger partial charge on any atom is -0.348 e. The fourth-order valence-electron chi connectivity index (χ4n) is 1.71. The molecular weight excluding hydrogens is 352 g/mol. The van der Waals surface area contributed by atoms with E-state index in [4.69, 9.17) is 10.7 Å². The van der Waals surface area contributed by atoms with Gasteiger partial charge in [0.05, 0.1) is 4.92 Å². The first-order valence-corrected chi connectivity index (χ1v) is 9.01. The number of nitro benzene ring substituents is 1. The number of nitrogens with one attached hydrogen (secondary N) is 1. The number of rotatable bonds is 5. The monoisotopic (exact) mass is 360 g/mol. The summed E-state index contributed by atoms with van der Waals surface area (Å²) in [6.07, 6.45) is 0. The smallest absolute Gasteiger partial charge is 0.271 e. The maximum absolute atomic E-state index is 12.0. The van der Waals surface area contributed by atoms with E-state index in [0.717, 1.165) is 17.4 Å². The molecule has 10 heteroatoms. The lowest BCUT2D eigenvalue weighted by Gasteiger charge is -2.05. The van der Waals surface area contributed by atoms with Gasteiger partial charge in [0, 0.05) is 40.5 Å². The summed E-state index contributed by atoms with van der Waals surface area (Å²) in [7, 11) is 1.42. The lowest BCUT2D eigenvalue weighted by molar-refractivity contribution is -0.384. The number of carbonyl (C=O) groups is 1. The summed E-state index contributed by atoms with van der Waals surface area (Å²) in [5.41, 5.74) is 0.269. The number of halogens is 1.